The first-order chi connectivity index (χ1) is 24.2. The number of fused-ring (bicyclic) bond motifs is 2. The van der Waals surface area contributed by atoms with E-state index in [4.69, 9.17) is 5.26 Å². The van der Waals surface area contributed by atoms with E-state index in [1.54, 1.807) is 44.3 Å². The Labute approximate surface area is 295 Å². The molecule has 0 bridgehead atoms. The van der Waals surface area contributed by atoms with Crippen molar-refractivity contribution in [3.63, 3.8) is 0 Å². The smallest absolute Gasteiger partial charge is 0.297 e. The van der Waals surface area contributed by atoms with Crippen molar-refractivity contribution in [2.24, 2.45) is 10.2 Å². The van der Waals surface area contributed by atoms with E-state index in [9.17, 15) is 31.0 Å². The van der Waals surface area contributed by atoms with Gasteiger partial charge in [0.05, 0.1) is 33.2 Å². The second kappa shape index (κ2) is 14.3. The number of azo groups is 1. The molecule has 0 aliphatic rings. The second-order valence-corrected chi connectivity index (χ2v) is 14.6. The fourth-order valence-electron chi connectivity index (χ4n) is 5.55. The lowest BCUT2D eigenvalue weighted by atomic mass is 10.1. The van der Waals surface area contributed by atoms with Crippen LogP contribution < -0.4 is 4.90 Å². The Bertz CT molecular complexity index is 2550. The monoisotopic (exact) mass is 749 g/mol. The number of benzene rings is 5. The topological polar surface area (TPSA) is 221 Å². The zero-order valence-corrected chi connectivity index (χ0v) is 29.0. The van der Waals surface area contributed by atoms with E-state index in [1.807, 2.05) is 30.3 Å². The van der Waals surface area contributed by atoms with E-state index in [2.05, 4.69) is 29.6 Å². The molecule has 6 rings (SSSR count). The van der Waals surface area contributed by atoms with Crippen molar-refractivity contribution >= 4 is 76.7 Å². The average Bonchev–Trinajstić information content (AvgIpc) is 3.08. The van der Waals surface area contributed by atoms with Crippen molar-refractivity contribution in [1.29, 1.82) is 0 Å². The summed E-state index contributed by atoms with van der Waals surface area (Å²) in [6.07, 6.45) is 0.459. The van der Waals surface area contributed by atoms with Crippen LogP contribution in [-0.4, -0.2) is 53.3 Å². The van der Waals surface area contributed by atoms with Gasteiger partial charge in [0.2, 0.25) is 0 Å². The molecule has 0 fully saturated rings. The summed E-state index contributed by atoms with van der Waals surface area (Å²) in [7, 11) is -8.05. The summed E-state index contributed by atoms with van der Waals surface area (Å²) in [6.45, 7) is 1.69. The SMILES string of the molecule is Cc1nc(Cc2ccccc2)cc(N(C)c2cc(S(=O)(=O)O)cc3cc(SOOO)c(N=Nc4ccc5ccccc5c4S(=O)(=O)O)c(O)c23)n1. The maximum absolute atomic E-state index is 12.5. The molecule has 0 atom stereocenters. The molecule has 15 nitrogen and oxygen atoms in total. The number of hydrogen-bond acceptors (Lipinski definition) is 14. The quantitative estimate of drug-likeness (QED) is 0.0331. The van der Waals surface area contributed by atoms with Gasteiger partial charge < -0.3 is 10.0 Å². The lowest BCUT2D eigenvalue weighted by Gasteiger charge is -2.23. The minimum Gasteiger partial charge on any atom is -0.505 e. The highest BCUT2D eigenvalue weighted by Crippen LogP contribution is 2.49. The zero-order valence-electron chi connectivity index (χ0n) is 26.6. The summed E-state index contributed by atoms with van der Waals surface area (Å²) in [4.78, 5) is 9.40. The number of aromatic nitrogens is 2. The largest absolute Gasteiger partial charge is 0.505 e. The number of rotatable bonds is 11. The second-order valence-electron chi connectivity index (χ2n) is 11.1. The van der Waals surface area contributed by atoms with Gasteiger partial charge in [0.15, 0.2) is 5.75 Å². The van der Waals surface area contributed by atoms with Gasteiger partial charge in [-0.25, -0.2) is 15.2 Å². The van der Waals surface area contributed by atoms with Gasteiger partial charge in [0.25, 0.3) is 20.2 Å². The summed E-state index contributed by atoms with van der Waals surface area (Å²) < 4.78 is 74.7. The molecule has 262 valence electrons. The Kier molecular flexibility index (Phi) is 10.0. The molecule has 51 heavy (non-hydrogen) atoms. The number of aromatic hydroxyl groups is 1. The highest BCUT2D eigenvalue weighted by Gasteiger charge is 2.25. The van der Waals surface area contributed by atoms with Crippen molar-refractivity contribution in [2.45, 2.75) is 28.0 Å². The van der Waals surface area contributed by atoms with Crippen LogP contribution in [0.5, 0.6) is 5.75 Å². The highest BCUT2D eigenvalue weighted by atomic mass is 32.2. The Balaban J connectivity index is 1.57. The predicted octanol–water partition coefficient (Wildman–Crippen LogP) is 7.49. The molecule has 18 heteroatoms. The Morgan fingerprint density at radius 2 is 1.57 bits per heavy atom. The number of phenolic OH excluding ortho intramolecular Hbond substituents is 1. The fraction of sp³-hybridized carbons (Fsp3) is 0.0909. The van der Waals surface area contributed by atoms with Crippen molar-refractivity contribution < 1.29 is 45.7 Å². The van der Waals surface area contributed by atoms with Gasteiger partial charge in [-0.15, -0.1) is 14.6 Å². The maximum atomic E-state index is 12.5. The first-order valence-electron chi connectivity index (χ1n) is 14.7. The van der Waals surface area contributed by atoms with E-state index >= 15 is 0 Å². The van der Waals surface area contributed by atoms with Crippen LogP contribution in [0.3, 0.4) is 0 Å². The first kappa shape index (κ1) is 35.8. The molecule has 6 aromatic rings. The molecule has 0 unspecified atom stereocenters. The minimum absolute atomic E-state index is 0.0162. The molecular weight excluding hydrogens is 723 g/mol. The van der Waals surface area contributed by atoms with Gasteiger partial charge in [-0.1, -0.05) is 65.7 Å². The van der Waals surface area contributed by atoms with Crippen molar-refractivity contribution in [3.05, 3.63) is 108 Å². The van der Waals surface area contributed by atoms with Gasteiger partial charge in [-0.2, -0.15) is 16.8 Å². The molecule has 1 heterocycles. The molecular formula is C33H27N5O10S3. The number of anilines is 2. The maximum Gasteiger partial charge on any atom is 0.297 e. The molecule has 0 aliphatic heterocycles. The van der Waals surface area contributed by atoms with Crippen molar-refractivity contribution in [1.82, 2.24) is 9.97 Å². The van der Waals surface area contributed by atoms with Crippen LogP contribution in [0, 0.1) is 6.92 Å². The number of nitrogens with zero attached hydrogens (tertiary/aromatic N) is 5. The van der Waals surface area contributed by atoms with Crippen LogP contribution in [-0.2, 0) is 36.0 Å². The molecule has 0 saturated carbocycles. The number of aryl methyl sites for hydroxylation is 1. The van der Waals surface area contributed by atoms with Gasteiger partial charge in [-0.05, 0) is 47.5 Å². The lowest BCUT2D eigenvalue weighted by Crippen LogP contribution is -2.15. The normalized spacial score (nSPS) is 12.3. The van der Waals surface area contributed by atoms with Crippen LogP contribution in [0.25, 0.3) is 21.5 Å². The van der Waals surface area contributed by atoms with Gasteiger partial charge in [0, 0.05) is 30.3 Å². The lowest BCUT2D eigenvalue weighted by molar-refractivity contribution is -0.432. The molecule has 0 radical (unpaired) electrons. The van der Waals surface area contributed by atoms with E-state index in [0.717, 1.165) is 17.7 Å². The summed E-state index contributed by atoms with van der Waals surface area (Å²) >= 11 is 0.352. The van der Waals surface area contributed by atoms with E-state index in [-0.39, 0.29) is 38.1 Å². The van der Waals surface area contributed by atoms with Crippen molar-refractivity contribution in [3.8, 4) is 5.75 Å². The standard InChI is InChI=1S/C33H27N5O10S3/c1-19-34-23(14-20-8-4-3-5-9-20)17-29(35-19)38(2)27-18-24(50(41,42)43)15-22-16-28(49-48-47-40)31(32(39)30(22)27)37-36-26-13-12-21-10-6-7-11-25(21)33(26)51(44,45)46/h3-13,15-18,39-40H,14H2,1-2H3,(H,41,42,43)(H,44,45,46). The molecule has 1 aromatic heterocycles. The molecule has 4 N–H and O–H groups in total. The fourth-order valence-corrected chi connectivity index (χ4v) is 7.42. The molecule has 0 aliphatic carbocycles. The number of phenols is 1. The van der Waals surface area contributed by atoms with Crippen LogP contribution in [0.1, 0.15) is 17.1 Å². The Morgan fingerprint density at radius 3 is 2.27 bits per heavy atom. The van der Waals surface area contributed by atoms with Crippen LogP contribution in [0.4, 0.5) is 22.9 Å². The van der Waals surface area contributed by atoms with Gasteiger partial charge in [0.1, 0.15) is 27.9 Å². The predicted molar refractivity (Wildman–Crippen MR) is 188 cm³/mol. The summed E-state index contributed by atoms with van der Waals surface area (Å²) in [5.41, 5.74) is 1.09. The van der Waals surface area contributed by atoms with E-state index in [0.29, 0.717) is 41.2 Å². The average molecular weight is 750 g/mol. The minimum atomic E-state index is -4.83. The Hall–Kier alpha value is -5.05. The van der Waals surface area contributed by atoms with Crippen LogP contribution >= 0.6 is 12.0 Å². The highest BCUT2D eigenvalue weighted by molar-refractivity contribution is 7.94. The van der Waals surface area contributed by atoms with Gasteiger partial charge in [-0.3, -0.25) is 9.11 Å². The molecule has 5 aromatic carbocycles. The molecule has 0 amide bonds. The Morgan fingerprint density at radius 1 is 0.843 bits per heavy atom. The van der Waals surface area contributed by atoms with E-state index < -0.39 is 35.8 Å². The van der Waals surface area contributed by atoms with Gasteiger partial charge >= 0.3 is 0 Å². The third-order valence-corrected chi connectivity index (χ3v) is 10.1. The molecule has 0 spiro atoms. The first-order valence-corrected chi connectivity index (χ1v) is 18.4. The summed E-state index contributed by atoms with van der Waals surface area (Å²) in [5.74, 6) is 0.131. The van der Waals surface area contributed by atoms with E-state index in [1.165, 1.54) is 23.1 Å². The van der Waals surface area contributed by atoms with Crippen LogP contribution in [0.2, 0.25) is 0 Å². The van der Waals surface area contributed by atoms with Crippen LogP contribution in [0.15, 0.2) is 116 Å². The zero-order chi connectivity index (χ0) is 36.5. The summed E-state index contributed by atoms with van der Waals surface area (Å²) in [6, 6.07) is 24.1. The van der Waals surface area contributed by atoms with Crippen molar-refractivity contribution in [2.75, 3.05) is 11.9 Å². The molecule has 0 saturated heterocycles. The third-order valence-electron chi connectivity index (χ3n) is 7.74. The summed E-state index contributed by atoms with van der Waals surface area (Å²) in [5, 5.41) is 33.4. The number of hydrogen-bond donors (Lipinski definition) is 4. The third kappa shape index (κ3) is 7.67.